The number of halogens is 3. The van der Waals surface area contributed by atoms with E-state index in [4.69, 9.17) is 0 Å². The highest BCUT2D eigenvalue weighted by atomic mass is 32.1. The molecule has 1 heterocycles. The smallest absolute Gasteiger partial charge is 0.354 e. The van der Waals surface area contributed by atoms with E-state index < -0.39 is 11.9 Å². The Morgan fingerprint density at radius 3 is 2.39 bits per heavy atom. The number of aromatic nitrogens is 1. The van der Waals surface area contributed by atoms with Gasteiger partial charge in [0, 0.05) is 19.0 Å². The SMILES string of the molecule is CCN(CC)C(CNC(=NC)NCc1nc(C(F)(F)F)cs1)c1ccccc1. The van der Waals surface area contributed by atoms with Crippen LogP contribution in [-0.4, -0.2) is 42.5 Å². The standard InChI is InChI=1S/C19H26F3N5S/c1-4-27(5-2)15(14-9-7-6-8-10-14)11-24-18(23-3)25-12-17-26-16(13-28-17)19(20,21)22/h6-10,13,15H,4-5,11-12H2,1-3H3,(H2,23,24,25). The highest BCUT2D eigenvalue weighted by molar-refractivity contribution is 7.09. The molecule has 0 bridgehead atoms. The van der Waals surface area contributed by atoms with Gasteiger partial charge in [0.1, 0.15) is 5.01 Å². The molecule has 0 saturated heterocycles. The number of alkyl halides is 3. The summed E-state index contributed by atoms with van der Waals surface area (Å²) in [5, 5.41) is 7.70. The van der Waals surface area contributed by atoms with E-state index in [-0.39, 0.29) is 12.6 Å². The summed E-state index contributed by atoms with van der Waals surface area (Å²) in [5.41, 5.74) is 0.340. The monoisotopic (exact) mass is 413 g/mol. The summed E-state index contributed by atoms with van der Waals surface area (Å²) in [6, 6.07) is 10.4. The van der Waals surface area contributed by atoms with Crippen LogP contribution in [0.4, 0.5) is 13.2 Å². The van der Waals surface area contributed by atoms with Crippen molar-refractivity contribution in [2.45, 2.75) is 32.6 Å². The van der Waals surface area contributed by atoms with Crippen molar-refractivity contribution < 1.29 is 13.2 Å². The van der Waals surface area contributed by atoms with Crippen LogP contribution in [0.1, 0.15) is 36.2 Å². The van der Waals surface area contributed by atoms with Crippen LogP contribution in [0.5, 0.6) is 0 Å². The van der Waals surface area contributed by atoms with Gasteiger partial charge in [-0.3, -0.25) is 9.89 Å². The van der Waals surface area contributed by atoms with Crippen LogP contribution in [0.2, 0.25) is 0 Å². The van der Waals surface area contributed by atoms with Crippen molar-refractivity contribution in [3.05, 3.63) is 52.0 Å². The van der Waals surface area contributed by atoms with Gasteiger partial charge in [0.25, 0.3) is 0 Å². The van der Waals surface area contributed by atoms with Crippen LogP contribution in [0.15, 0.2) is 40.7 Å². The topological polar surface area (TPSA) is 52.5 Å². The Labute approximate surface area is 167 Å². The van der Waals surface area contributed by atoms with E-state index in [1.165, 1.54) is 5.56 Å². The van der Waals surface area contributed by atoms with Crippen molar-refractivity contribution in [2.75, 3.05) is 26.7 Å². The predicted octanol–water partition coefficient (Wildman–Crippen LogP) is 3.91. The maximum Gasteiger partial charge on any atom is 0.434 e. The highest BCUT2D eigenvalue weighted by Crippen LogP contribution is 2.29. The molecule has 0 aliphatic heterocycles. The Morgan fingerprint density at radius 1 is 1.18 bits per heavy atom. The van der Waals surface area contributed by atoms with Gasteiger partial charge in [0.15, 0.2) is 11.7 Å². The average molecular weight is 414 g/mol. The number of hydrogen-bond acceptors (Lipinski definition) is 4. The fourth-order valence-electron chi connectivity index (χ4n) is 2.89. The molecule has 0 radical (unpaired) electrons. The Morgan fingerprint density at radius 2 is 1.86 bits per heavy atom. The molecule has 9 heteroatoms. The summed E-state index contributed by atoms with van der Waals surface area (Å²) >= 11 is 0.978. The van der Waals surface area contributed by atoms with E-state index >= 15 is 0 Å². The molecule has 0 saturated carbocycles. The number of likely N-dealkylation sites (N-methyl/N-ethyl adjacent to an activating group) is 1. The van der Waals surface area contributed by atoms with Gasteiger partial charge in [0.05, 0.1) is 12.6 Å². The number of nitrogens with one attached hydrogen (secondary N) is 2. The van der Waals surface area contributed by atoms with Crippen molar-refractivity contribution >= 4 is 17.3 Å². The molecule has 1 unspecified atom stereocenters. The first-order valence-electron chi connectivity index (χ1n) is 9.14. The molecule has 0 amide bonds. The third-order valence-corrected chi connectivity index (χ3v) is 5.22. The molecule has 1 atom stereocenters. The van der Waals surface area contributed by atoms with Crippen LogP contribution in [0.3, 0.4) is 0 Å². The molecular weight excluding hydrogens is 387 g/mol. The largest absolute Gasteiger partial charge is 0.434 e. The van der Waals surface area contributed by atoms with Gasteiger partial charge in [-0.25, -0.2) is 4.98 Å². The first-order chi connectivity index (χ1) is 13.4. The Kier molecular flexibility index (Phi) is 8.25. The minimum absolute atomic E-state index is 0.159. The van der Waals surface area contributed by atoms with Gasteiger partial charge >= 0.3 is 6.18 Å². The molecule has 1 aromatic carbocycles. The van der Waals surface area contributed by atoms with Crippen molar-refractivity contribution in [3.63, 3.8) is 0 Å². The Balaban J connectivity index is 1.98. The molecule has 0 aliphatic carbocycles. The van der Waals surface area contributed by atoms with Crippen molar-refractivity contribution in [1.82, 2.24) is 20.5 Å². The first kappa shape index (κ1) is 22.2. The molecule has 28 heavy (non-hydrogen) atoms. The van der Waals surface area contributed by atoms with Crippen LogP contribution in [0.25, 0.3) is 0 Å². The van der Waals surface area contributed by atoms with E-state index in [1.54, 1.807) is 7.05 Å². The lowest BCUT2D eigenvalue weighted by Gasteiger charge is -2.30. The third kappa shape index (κ3) is 6.20. The van der Waals surface area contributed by atoms with Gasteiger partial charge in [-0.05, 0) is 18.7 Å². The maximum absolute atomic E-state index is 12.7. The summed E-state index contributed by atoms with van der Waals surface area (Å²) in [5.74, 6) is 0.525. The quantitative estimate of drug-likeness (QED) is 0.509. The van der Waals surface area contributed by atoms with Gasteiger partial charge < -0.3 is 10.6 Å². The van der Waals surface area contributed by atoms with Crippen LogP contribution in [0, 0.1) is 0 Å². The van der Waals surface area contributed by atoms with Crippen molar-refractivity contribution in [3.8, 4) is 0 Å². The number of guanidine groups is 1. The number of hydrogen-bond donors (Lipinski definition) is 2. The van der Waals surface area contributed by atoms with Crippen molar-refractivity contribution in [2.24, 2.45) is 4.99 Å². The summed E-state index contributed by atoms with van der Waals surface area (Å²) in [6.45, 7) is 6.85. The average Bonchev–Trinajstić information content (AvgIpc) is 3.17. The lowest BCUT2D eigenvalue weighted by molar-refractivity contribution is -0.140. The van der Waals surface area contributed by atoms with Crippen LogP contribution < -0.4 is 10.6 Å². The molecule has 2 N–H and O–H groups in total. The summed E-state index contributed by atoms with van der Waals surface area (Å²) in [4.78, 5) is 10.1. The molecule has 154 valence electrons. The highest BCUT2D eigenvalue weighted by Gasteiger charge is 2.33. The lowest BCUT2D eigenvalue weighted by atomic mass is 10.1. The van der Waals surface area contributed by atoms with E-state index in [0.29, 0.717) is 17.5 Å². The fourth-order valence-corrected chi connectivity index (χ4v) is 3.63. The van der Waals surface area contributed by atoms with Crippen LogP contribution >= 0.6 is 11.3 Å². The van der Waals surface area contributed by atoms with Gasteiger partial charge in [-0.1, -0.05) is 44.2 Å². The van der Waals surface area contributed by atoms with Crippen LogP contribution in [-0.2, 0) is 12.7 Å². The van der Waals surface area contributed by atoms with E-state index in [2.05, 4.69) is 51.5 Å². The van der Waals surface area contributed by atoms with Crippen molar-refractivity contribution in [1.29, 1.82) is 0 Å². The zero-order valence-corrected chi connectivity index (χ0v) is 17.1. The van der Waals surface area contributed by atoms with E-state index in [1.807, 2.05) is 18.2 Å². The second-order valence-electron chi connectivity index (χ2n) is 6.08. The molecule has 2 rings (SSSR count). The number of benzene rings is 1. The van der Waals surface area contributed by atoms with E-state index in [0.717, 1.165) is 29.8 Å². The molecule has 0 fully saturated rings. The summed E-state index contributed by atoms with van der Waals surface area (Å²) < 4.78 is 38.0. The minimum atomic E-state index is -4.42. The first-order valence-corrected chi connectivity index (χ1v) is 10.0. The Bertz CT molecular complexity index is 742. The Hall–Kier alpha value is -2.13. The molecule has 1 aromatic heterocycles. The minimum Gasteiger partial charge on any atom is -0.354 e. The second kappa shape index (κ2) is 10.4. The lowest BCUT2D eigenvalue weighted by Crippen LogP contribution is -2.43. The molecule has 0 aliphatic rings. The van der Waals surface area contributed by atoms with E-state index in [9.17, 15) is 13.2 Å². The molecule has 0 spiro atoms. The van der Waals surface area contributed by atoms with Gasteiger partial charge in [-0.2, -0.15) is 13.2 Å². The predicted molar refractivity (Wildman–Crippen MR) is 107 cm³/mol. The van der Waals surface area contributed by atoms with Gasteiger partial charge in [-0.15, -0.1) is 11.3 Å². The number of nitrogens with zero attached hydrogens (tertiary/aromatic N) is 3. The molecule has 5 nitrogen and oxygen atoms in total. The summed E-state index contributed by atoms with van der Waals surface area (Å²) in [7, 11) is 1.63. The third-order valence-electron chi connectivity index (χ3n) is 4.37. The number of aliphatic imine (C=N–C) groups is 1. The fraction of sp³-hybridized carbons (Fsp3) is 0.474. The summed E-state index contributed by atoms with van der Waals surface area (Å²) in [6.07, 6.45) is -4.42. The second-order valence-corrected chi connectivity index (χ2v) is 7.02. The molecular formula is C19H26F3N5S. The molecule has 2 aromatic rings. The zero-order valence-electron chi connectivity index (χ0n) is 16.3. The number of thiazole rings is 1. The maximum atomic E-state index is 12.7. The van der Waals surface area contributed by atoms with Gasteiger partial charge in [0.2, 0.25) is 0 Å². The zero-order chi connectivity index (χ0) is 20.6. The normalized spacial score (nSPS) is 13.6. The number of rotatable bonds is 8.